The van der Waals surface area contributed by atoms with Gasteiger partial charge in [-0.25, -0.2) is 24.9 Å². The Hall–Kier alpha value is -8.37. The minimum Gasteiger partial charge on any atom is -0.396 e. The lowest BCUT2D eigenvalue weighted by Gasteiger charge is -2.34. The molecule has 298 valence electrons. The van der Waals surface area contributed by atoms with Gasteiger partial charge >= 0.3 is 0 Å². The molecule has 2 N–H and O–H groups in total. The van der Waals surface area contributed by atoms with Crippen LogP contribution in [0.5, 0.6) is 0 Å². The molecule has 0 amide bonds. The molecular weight excluding hydrogens is 765 g/mol. The van der Waals surface area contributed by atoms with Crippen molar-refractivity contribution in [3.63, 3.8) is 0 Å². The van der Waals surface area contributed by atoms with Gasteiger partial charge in [0.1, 0.15) is 17.1 Å². The Balaban J connectivity index is 1.23. The standard InChI is InChI=1S/C52H40N10/c1-3-4-21-43(53)48-59-47(60-51(61-48)46-24-13-16-31-57-46)36-26-28-40-39-27-25-35(34-58-50(45-23-12-15-30-56-45)62-49(54-2)44-22-11-14-29-55-44)32-41(39)52(42(40)33-36,37-17-7-5-8-18-37)38-19-9-6-10-20-38/h3-33H,2,34,53H2,1H3/b4-3-,43-21-,58-50-,62-49-. The van der Waals surface area contributed by atoms with Crippen LogP contribution in [0.4, 0.5) is 0 Å². The molecule has 0 aliphatic heterocycles. The quantitative estimate of drug-likeness (QED) is 0.0825. The maximum atomic E-state index is 6.57. The van der Waals surface area contributed by atoms with Crippen LogP contribution in [0.2, 0.25) is 0 Å². The molecule has 0 spiro atoms. The van der Waals surface area contributed by atoms with Crippen molar-refractivity contribution in [3.05, 3.63) is 234 Å². The van der Waals surface area contributed by atoms with E-state index in [0.29, 0.717) is 58.5 Å². The molecule has 0 radical (unpaired) electrons. The summed E-state index contributed by atoms with van der Waals surface area (Å²) >= 11 is 0. The summed E-state index contributed by atoms with van der Waals surface area (Å²) in [4.78, 5) is 42.5. The van der Waals surface area contributed by atoms with Crippen LogP contribution in [0.3, 0.4) is 0 Å². The van der Waals surface area contributed by atoms with E-state index in [4.69, 9.17) is 30.7 Å². The Morgan fingerprint density at radius 2 is 1.23 bits per heavy atom. The normalized spacial score (nSPS) is 13.5. The lowest BCUT2D eigenvalue weighted by molar-refractivity contribution is 0.766. The molecule has 0 fully saturated rings. The van der Waals surface area contributed by atoms with Gasteiger partial charge in [-0.05, 0) is 101 Å². The first-order chi connectivity index (χ1) is 30.6. The number of nitrogens with zero attached hydrogens (tertiary/aromatic N) is 9. The second kappa shape index (κ2) is 17.5. The highest BCUT2D eigenvalue weighted by molar-refractivity contribution is 6.11. The number of fused-ring (bicyclic) bond motifs is 3. The molecule has 10 heteroatoms. The number of benzene rings is 4. The largest absolute Gasteiger partial charge is 0.396 e. The molecule has 0 unspecified atom stereocenters. The minimum absolute atomic E-state index is 0.322. The first-order valence-corrected chi connectivity index (χ1v) is 20.2. The second-order valence-corrected chi connectivity index (χ2v) is 14.5. The molecule has 1 aliphatic rings. The number of rotatable bonds is 10. The average molecular weight is 805 g/mol. The third-order valence-corrected chi connectivity index (χ3v) is 10.7. The number of aromatic nitrogens is 6. The van der Waals surface area contributed by atoms with Gasteiger partial charge in [0.25, 0.3) is 0 Å². The summed E-state index contributed by atoms with van der Waals surface area (Å²) in [5, 5.41) is 0. The van der Waals surface area contributed by atoms with Gasteiger partial charge < -0.3 is 5.73 Å². The zero-order valence-corrected chi connectivity index (χ0v) is 33.9. The van der Waals surface area contributed by atoms with E-state index in [1.54, 1.807) is 24.7 Å². The summed E-state index contributed by atoms with van der Waals surface area (Å²) in [5.74, 6) is 2.06. The van der Waals surface area contributed by atoms with E-state index in [1.807, 2.05) is 73.7 Å². The first-order valence-electron chi connectivity index (χ1n) is 20.2. The summed E-state index contributed by atoms with van der Waals surface area (Å²) in [7, 11) is 0. The Bertz CT molecular complexity index is 2960. The van der Waals surface area contributed by atoms with Gasteiger partial charge in [-0.2, -0.15) is 0 Å². The number of amidine groups is 2. The molecule has 9 rings (SSSR count). The van der Waals surface area contributed by atoms with E-state index in [0.717, 1.165) is 44.5 Å². The molecule has 62 heavy (non-hydrogen) atoms. The summed E-state index contributed by atoms with van der Waals surface area (Å²) in [5.41, 5.74) is 16.6. The Morgan fingerprint density at radius 3 is 1.84 bits per heavy atom. The zero-order valence-electron chi connectivity index (χ0n) is 33.9. The van der Waals surface area contributed by atoms with Crippen molar-refractivity contribution < 1.29 is 0 Å². The fraction of sp³-hybridized carbons (Fsp3) is 0.0577. The third-order valence-electron chi connectivity index (χ3n) is 10.7. The van der Waals surface area contributed by atoms with Crippen LogP contribution in [0, 0.1) is 0 Å². The summed E-state index contributed by atoms with van der Waals surface area (Å²) in [6, 6.07) is 51.3. The van der Waals surface area contributed by atoms with Crippen molar-refractivity contribution >= 4 is 24.1 Å². The number of allylic oxidation sites excluding steroid dienone is 3. The van der Waals surface area contributed by atoms with Crippen LogP contribution in [0.25, 0.3) is 39.7 Å². The van der Waals surface area contributed by atoms with E-state index in [2.05, 4.69) is 124 Å². The van der Waals surface area contributed by atoms with Crippen LogP contribution in [-0.4, -0.2) is 48.3 Å². The maximum absolute atomic E-state index is 6.57. The van der Waals surface area contributed by atoms with Crippen LogP contribution in [0.15, 0.2) is 203 Å². The van der Waals surface area contributed by atoms with Gasteiger partial charge in [-0.15, -0.1) is 0 Å². The van der Waals surface area contributed by atoms with E-state index >= 15 is 0 Å². The number of pyridine rings is 3. The second-order valence-electron chi connectivity index (χ2n) is 14.5. The first kappa shape index (κ1) is 39.1. The molecule has 0 atom stereocenters. The van der Waals surface area contributed by atoms with Crippen molar-refractivity contribution in [2.45, 2.75) is 18.9 Å². The van der Waals surface area contributed by atoms with Gasteiger partial charge in [0, 0.05) is 24.2 Å². The fourth-order valence-corrected chi connectivity index (χ4v) is 7.90. The Labute approximate surface area is 359 Å². The van der Waals surface area contributed by atoms with Gasteiger partial charge in [-0.3, -0.25) is 19.9 Å². The molecule has 4 aromatic heterocycles. The average Bonchev–Trinajstić information content (AvgIpc) is 3.64. The van der Waals surface area contributed by atoms with Gasteiger partial charge in [0.15, 0.2) is 29.1 Å². The number of hydrogen-bond donors (Lipinski definition) is 1. The predicted octanol–water partition coefficient (Wildman–Crippen LogP) is 9.72. The van der Waals surface area contributed by atoms with Crippen LogP contribution >= 0.6 is 0 Å². The predicted molar refractivity (Wildman–Crippen MR) is 248 cm³/mol. The van der Waals surface area contributed by atoms with Crippen LogP contribution in [-0.2, 0) is 12.0 Å². The highest BCUT2D eigenvalue weighted by atomic mass is 15.1. The fourth-order valence-electron chi connectivity index (χ4n) is 7.90. The monoisotopic (exact) mass is 804 g/mol. The molecule has 4 aromatic carbocycles. The Morgan fingerprint density at radius 1 is 0.629 bits per heavy atom. The molecule has 1 aliphatic carbocycles. The lowest BCUT2D eigenvalue weighted by Crippen LogP contribution is -2.28. The van der Waals surface area contributed by atoms with Gasteiger partial charge in [-0.1, -0.05) is 121 Å². The molecule has 10 nitrogen and oxygen atoms in total. The number of hydrogen-bond acceptors (Lipinski definition) is 8. The summed E-state index contributed by atoms with van der Waals surface area (Å²) in [6.45, 7) is 6.04. The van der Waals surface area contributed by atoms with Crippen LogP contribution < -0.4 is 5.73 Å². The molecule has 0 saturated carbocycles. The zero-order chi connectivity index (χ0) is 42.3. The molecular formula is C52H40N10. The van der Waals surface area contributed by atoms with E-state index in [-0.39, 0.29) is 0 Å². The maximum Gasteiger partial charge on any atom is 0.182 e. The highest BCUT2D eigenvalue weighted by Gasteiger charge is 2.46. The van der Waals surface area contributed by atoms with E-state index in [1.165, 1.54) is 0 Å². The van der Waals surface area contributed by atoms with Gasteiger partial charge in [0.2, 0.25) is 0 Å². The molecule has 0 bridgehead atoms. The third kappa shape index (κ3) is 7.52. The van der Waals surface area contributed by atoms with Crippen molar-refractivity contribution in [1.29, 1.82) is 0 Å². The van der Waals surface area contributed by atoms with Gasteiger partial charge in [0.05, 0.1) is 17.7 Å². The van der Waals surface area contributed by atoms with E-state index in [9.17, 15) is 0 Å². The van der Waals surface area contributed by atoms with Crippen LogP contribution in [0.1, 0.15) is 52.0 Å². The number of aliphatic imine (C=N–C) groups is 3. The number of nitrogens with two attached hydrogens (primary N) is 1. The molecule has 0 saturated heterocycles. The van der Waals surface area contributed by atoms with E-state index < -0.39 is 5.41 Å². The lowest BCUT2D eigenvalue weighted by atomic mass is 9.67. The molecule has 4 heterocycles. The highest BCUT2D eigenvalue weighted by Crippen LogP contribution is 2.57. The van der Waals surface area contributed by atoms with Crippen molar-refractivity contribution in [2.75, 3.05) is 0 Å². The van der Waals surface area contributed by atoms with Crippen molar-refractivity contribution in [2.24, 2.45) is 20.7 Å². The topological polar surface area (TPSA) is 140 Å². The minimum atomic E-state index is -0.728. The SMILES string of the molecule is C=N/C(=N\C(=N/Cc1ccc2c(c1)C(c1ccccc1)(c1ccccc1)c1cc(-c3nc(/C(N)=C/C=C\C)nc(-c4ccccn4)n3)ccc1-2)c1ccccn1)c1ccccn1. The summed E-state index contributed by atoms with van der Waals surface area (Å²) < 4.78 is 0. The smallest absolute Gasteiger partial charge is 0.182 e. The summed E-state index contributed by atoms with van der Waals surface area (Å²) in [6.07, 6.45) is 10.7. The van der Waals surface area contributed by atoms with Crippen molar-refractivity contribution in [1.82, 2.24) is 29.9 Å². The molecule has 8 aromatic rings. The Kier molecular flexibility index (Phi) is 11.0. The van der Waals surface area contributed by atoms with Crippen molar-refractivity contribution in [3.8, 4) is 34.0 Å².